The molecule has 3 rings (SSSR count). The van der Waals surface area contributed by atoms with Gasteiger partial charge in [0, 0.05) is 11.0 Å². The number of hydrogen-bond acceptors (Lipinski definition) is 3. The molecular formula is C16H16BrNO2S. The maximum atomic E-state index is 12.6. The molecule has 110 valence electrons. The second kappa shape index (κ2) is 5.91. The Morgan fingerprint density at radius 3 is 2.76 bits per heavy atom. The summed E-state index contributed by atoms with van der Waals surface area (Å²) in [6, 6.07) is 12.8. The third-order valence-corrected chi connectivity index (χ3v) is 5.89. The van der Waals surface area contributed by atoms with E-state index < -0.39 is 9.84 Å². The molecule has 0 aliphatic carbocycles. The largest absolute Gasteiger partial charge is 0.312 e. The standard InChI is InChI=1S/C16H16BrNO2S/c17-14-5-2-6-15(9-14)21(19,20)11-13-4-1-3-12-10-18-8-7-16(12)13/h1-6,9,18H,7-8,10-11H2. The Kier molecular flexibility index (Phi) is 4.15. The van der Waals surface area contributed by atoms with E-state index in [-0.39, 0.29) is 5.75 Å². The summed E-state index contributed by atoms with van der Waals surface area (Å²) in [6.45, 7) is 1.72. The van der Waals surface area contributed by atoms with Gasteiger partial charge in [0.15, 0.2) is 9.84 Å². The minimum absolute atomic E-state index is 0.0621. The van der Waals surface area contributed by atoms with E-state index in [1.165, 1.54) is 11.1 Å². The molecule has 0 atom stereocenters. The zero-order chi connectivity index (χ0) is 14.9. The van der Waals surface area contributed by atoms with Crippen molar-refractivity contribution in [2.24, 2.45) is 0 Å². The van der Waals surface area contributed by atoms with Gasteiger partial charge in [-0.15, -0.1) is 0 Å². The average molecular weight is 366 g/mol. The summed E-state index contributed by atoms with van der Waals surface area (Å²) in [4.78, 5) is 0.364. The zero-order valence-corrected chi connectivity index (χ0v) is 13.9. The van der Waals surface area contributed by atoms with Crippen molar-refractivity contribution in [1.82, 2.24) is 5.32 Å². The molecule has 0 radical (unpaired) electrons. The zero-order valence-electron chi connectivity index (χ0n) is 11.5. The van der Waals surface area contributed by atoms with Gasteiger partial charge in [-0.05, 0) is 47.9 Å². The van der Waals surface area contributed by atoms with Gasteiger partial charge < -0.3 is 5.32 Å². The molecule has 0 bridgehead atoms. The van der Waals surface area contributed by atoms with Gasteiger partial charge >= 0.3 is 0 Å². The van der Waals surface area contributed by atoms with Gasteiger partial charge in [0.1, 0.15) is 0 Å². The Hall–Kier alpha value is -1.17. The molecule has 2 aromatic rings. The van der Waals surface area contributed by atoms with Crippen LogP contribution >= 0.6 is 15.9 Å². The van der Waals surface area contributed by atoms with Crippen molar-refractivity contribution < 1.29 is 8.42 Å². The number of fused-ring (bicyclic) bond motifs is 1. The van der Waals surface area contributed by atoms with Crippen LogP contribution in [0.15, 0.2) is 51.8 Å². The van der Waals surface area contributed by atoms with Gasteiger partial charge in [-0.3, -0.25) is 0 Å². The molecule has 5 heteroatoms. The third kappa shape index (κ3) is 3.20. The lowest BCUT2D eigenvalue weighted by Gasteiger charge is -2.20. The first kappa shape index (κ1) is 14.8. The first-order chi connectivity index (χ1) is 10.1. The third-order valence-electron chi connectivity index (χ3n) is 3.74. The molecular weight excluding hydrogens is 350 g/mol. The Balaban J connectivity index is 1.96. The summed E-state index contributed by atoms with van der Waals surface area (Å²) < 4.78 is 26.0. The molecule has 1 heterocycles. The van der Waals surface area contributed by atoms with Crippen LogP contribution in [0.2, 0.25) is 0 Å². The van der Waals surface area contributed by atoms with E-state index >= 15 is 0 Å². The van der Waals surface area contributed by atoms with Gasteiger partial charge in [0.25, 0.3) is 0 Å². The molecule has 0 aromatic heterocycles. The Morgan fingerprint density at radius 1 is 1.14 bits per heavy atom. The van der Waals surface area contributed by atoms with E-state index in [9.17, 15) is 8.42 Å². The topological polar surface area (TPSA) is 46.2 Å². The number of hydrogen-bond donors (Lipinski definition) is 1. The first-order valence-electron chi connectivity index (χ1n) is 6.85. The Labute approximate surface area is 133 Å². The predicted molar refractivity (Wildman–Crippen MR) is 86.9 cm³/mol. The highest BCUT2D eigenvalue weighted by Crippen LogP contribution is 2.25. The quantitative estimate of drug-likeness (QED) is 0.908. The van der Waals surface area contributed by atoms with Crippen molar-refractivity contribution >= 4 is 25.8 Å². The molecule has 0 amide bonds. The summed E-state index contributed by atoms with van der Waals surface area (Å²) in [5, 5.41) is 3.31. The van der Waals surface area contributed by atoms with Crippen LogP contribution in [0.25, 0.3) is 0 Å². The lowest BCUT2D eigenvalue weighted by atomic mass is 9.96. The van der Waals surface area contributed by atoms with Crippen LogP contribution in [0.4, 0.5) is 0 Å². The number of nitrogens with one attached hydrogen (secondary N) is 1. The van der Waals surface area contributed by atoms with Crippen LogP contribution in [-0.2, 0) is 28.6 Å². The van der Waals surface area contributed by atoms with E-state index in [1.807, 2.05) is 18.2 Å². The molecule has 0 fully saturated rings. The molecule has 21 heavy (non-hydrogen) atoms. The van der Waals surface area contributed by atoms with Crippen LogP contribution in [0.1, 0.15) is 16.7 Å². The highest BCUT2D eigenvalue weighted by molar-refractivity contribution is 9.10. The highest BCUT2D eigenvalue weighted by Gasteiger charge is 2.20. The normalized spacial score (nSPS) is 14.7. The van der Waals surface area contributed by atoms with Crippen molar-refractivity contribution in [2.45, 2.75) is 23.6 Å². The van der Waals surface area contributed by atoms with Crippen molar-refractivity contribution in [3.8, 4) is 0 Å². The molecule has 1 N–H and O–H groups in total. The van der Waals surface area contributed by atoms with Gasteiger partial charge in [-0.25, -0.2) is 8.42 Å². The summed E-state index contributed by atoms with van der Waals surface area (Å²) in [6.07, 6.45) is 0.888. The van der Waals surface area contributed by atoms with E-state index in [1.54, 1.807) is 18.2 Å². The van der Waals surface area contributed by atoms with Crippen molar-refractivity contribution in [3.05, 3.63) is 63.6 Å². The predicted octanol–water partition coefficient (Wildman–Crippen LogP) is 3.07. The van der Waals surface area contributed by atoms with E-state index in [0.29, 0.717) is 4.90 Å². The van der Waals surface area contributed by atoms with Crippen LogP contribution in [-0.4, -0.2) is 15.0 Å². The number of halogens is 1. The van der Waals surface area contributed by atoms with Gasteiger partial charge in [-0.2, -0.15) is 0 Å². The summed E-state index contributed by atoms with van der Waals surface area (Å²) in [5.74, 6) is 0.0621. The lowest BCUT2D eigenvalue weighted by molar-refractivity contribution is 0.594. The number of benzene rings is 2. The van der Waals surface area contributed by atoms with Gasteiger partial charge in [-0.1, -0.05) is 40.2 Å². The second-order valence-electron chi connectivity index (χ2n) is 5.20. The van der Waals surface area contributed by atoms with Gasteiger partial charge in [0.2, 0.25) is 0 Å². The molecule has 0 unspecified atom stereocenters. The number of sulfone groups is 1. The number of rotatable bonds is 3. The SMILES string of the molecule is O=S(=O)(Cc1cccc2c1CCNC2)c1cccc(Br)c1. The molecule has 1 aliphatic heterocycles. The molecule has 0 saturated heterocycles. The highest BCUT2D eigenvalue weighted by atomic mass is 79.9. The van der Waals surface area contributed by atoms with Crippen LogP contribution in [0.5, 0.6) is 0 Å². The summed E-state index contributed by atoms with van der Waals surface area (Å²) in [5.41, 5.74) is 3.33. The maximum absolute atomic E-state index is 12.6. The van der Waals surface area contributed by atoms with Crippen LogP contribution < -0.4 is 5.32 Å². The van der Waals surface area contributed by atoms with Crippen LogP contribution in [0, 0.1) is 0 Å². The van der Waals surface area contributed by atoms with Crippen molar-refractivity contribution in [1.29, 1.82) is 0 Å². The van der Waals surface area contributed by atoms with E-state index in [0.717, 1.165) is 29.5 Å². The van der Waals surface area contributed by atoms with Crippen molar-refractivity contribution in [2.75, 3.05) is 6.54 Å². The Morgan fingerprint density at radius 2 is 1.95 bits per heavy atom. The smallest absolute Gasteiger partial charge is 0.182 e. The van der Waals surface area contributed by atoms with Gasteiger partial charge in [0.05, 0.1) is 10.6 Å². The molecule has 0 spiro atoms. The second-order valence-corrected chi connectivity index (χ2v) is 8.10. The minimum atomic E-state index is -3.32. The fourth-order valence-corrected chi connectivity index (χ4v) is 4.68. The fourth-order valence-electron chi connectivity index (χ4n) is 2.69. The summed E-state index contributed by atoms with van der Waals surface area (Å²) >= 11 is 3.33. The first-order valence-corrected chi connectivity index (χ1v) is 9.29. The van der Waals surface area contributed by atoms with Crippen LogP contribution in [0.3, 0.4) is 0 Å². The van der Waals surface area contributed by atoms with Crippen molar-refractivity contribution in [3.63, 3.8) is 0 Å². The maximum Gasteiger partial charge on any atom is 0.182 e. The molecule has 1 aliphatic rings. The average Bonchev–Trinajstić information content (AvgIpc) is 2.47. The Bertz CT molecular complexity index is 772. The lowest BCUT2D eigenvalue weighted by Crippen LogP contribution is -2.25. The molecule has 2 aromatic carbocycles. The van der Waals surface area contributed by atoms with E-state index in [4.69, 9.17) is 0 Å². The molecule has 0 saturated carbocycles. The minimum Gasteiger partial charge on any atom is -0.312 e. The fraction of sp³-hybridized carbons (Fsp3) is 0.250. The van der Waals surface area contributed by atoms with E-state index in [2.05, 4.69) is 27.3 Å². The summed E-state index contributed by atoms with van der Waals surface area (Å²) in [7, 11) is -3.32. The monoisotopic (exact) mass is 365 g/mol. The molecule has 3 nitrogen and oxygen atoms in total.